The van der Waals surface area contributed by atoms with Crippen LogP contribution in [0.1, 0.15) is 11.5 Å². The predicted molar refractivity (Wildman–Crippen MR) is 108 cm³/mol. The van der Waals surface area contributed by atoms with Gasteiger partial charge in [0.1, 0.15) is 11.5 Å². The van der Waals surface area contributed by atoms with Gasteiger partial charge in [0, 0.05) is 19.7 Å². The van der Waals surface area contributed by atoms with E-state index in [0.29, 0.717) is 24.9 Å². The molecule has 8 heteroatoms. The van der Waals surface area contributed by atoms with Crippen LogP contribution in [0, 0.1) is 6.92 Å². The largest absolute Gasteiger partial charge is 0.464 e. The summed E-state index contributed by atoms with van der Waals surface area (Å²) in [4.78, 5) is 14.2. The van der Waals surface area contributed by atoms with Crippen LogP contribution < -0.4 is 0 Å². The third-order valence-electron chi connectivity index (χ3n) is 4.21. The van der Waals surface area contributed by atoms with Gasteiger partial charge in [-0.2, -0.15) is 0 Å². The maximum atomic E-state index is 12.5. The molecule has 0 radical (unpaired) electrons. The smallest absolute Gasteiger partial charge is 0.233 e. The van der Waals surface area contributed by atoms with E-state index in [-0.39, 0.29) is 11.7 Å². The number of ether oxygens (including phenoxy) is 1. The van der Waals surface area contributed by atoms with E-state index in [1.54, 1.807) is 19.1 Å². The first-order chi connectivity index (χ1) is 13.6. The number of nitrogens with zero attached hydrogens (tertiary/aromatic N) is 4. The minimum absolute atomic E-state index is 0.00149. The number of thioether (sulfide) groups is 1. The number of hydrogen-bond donors (Lipinski definition) is 0. The van der Waals surface area contributed by atoms with Crippen LogP contribution in [0.25, 0.3) is 11.4 Å². The summed E-state index contributed by atoms with van der Waals surface area (Å²) in [6.07, 6.45) is 0. The molecule has 0 saturated carbocycles. The van der Waals surface area contributed by atoms with Crippen LogP contribution >= 0.6 is 11.8 Å². The Morgan fingerprint density at radius 1 is 1.21 bits per heavy atom. The number of furan rings is 1. The maximum Gasteiger partial charge on any atom is 0.233 e. The van der Waals surface area contributed by atoms with Crippen LogP contribution in [0.4, 0.5) is 0 Å². The summed E-state index contributed by atoms with van der Waals surface area (Å²) >= 11 is 1.38. The van der Waals surface area contributed by atoms with E-state index in [0.717, 1.165) is 22.9 Å². The number of rotatable bonds is 9. The van der Waals surface area contributed by atoms with Gasteiger partial charge in [0.25, 0.3) is 0 Å². The molecule has 0 aliphatic rings. The Bertz CT molecular complexity index is 907. The number of aromatic nitrogens is 3. The topological polar surface area (TPSA) is 73.4 Å². The second-order valence-electron chi connectivity index (χ2n) is 6.37. The molecule has 0 aliphatic heterocycles. The molecule has 2 aromatic heterocycles. The van der Waals surface area contributed by atoms with E-state index in [9.17, 15) is 4.79 Å². The molecule has 148 valence electrons. The number of aryl methyl sites for hydroxylation is 1. The molecule has 0 fully saturated rings. The third-order valence-corrected chi connectivity index (χ3v) is 5.16. The summed E-state index contributed by atoms with van der Waals surface area (Å²) in [6.45, 7) is 3.49. The molecule has 0 atom stereocenters. The first-order valence-corrected chi connectivity index (χ1v) is 9.96. The summed E-state index contributed by atoms with van der Waals surface area (Å²) in [6, 6.07) is 13.7. The minimum Gasteiger partial charge on any atom is -0.464 e. The first-order valence-electron chi connectivity index (χ1n) is 8.98. The molecule has 1 aromatic carbocycles. The van der Waals surface area contributed by atoms with Gasteiger partial charge in [-0.3, -0.25) is 9.36 Å². The van der Waals surface area contributed by atoms with E-state index in [1.165, 1.54) is 11.8 Å². The van der Waals surface area contributed by atoms with Gasteiger partial charge < -0.3 is 14.1 Å². The number of carbonyl (C=O) groups excluding carboxylic acids is 1. The fourth-order valence-corrected chi connectivity index (χ4v) is 3.61. The molecular weight excluding hydrogens is 376 g/mol. The number of carbonyl (C=O) groups is 1. The highest BCUT2D eigenvalue weighted by Crippen LogP contribution is 2.24. The van der Waals surface area contributed by atoms with Crippen LogP contribution in [0.5, 0.6) is 0 Å². The van der Waals surface area contributed by atoms with Gasteiger partial charge in [0.2, 0.25) is 5.91 Å². The van der Waals surface area contributed by atoms with Gasteiger partial charge in [-0.25, -0.2) is 0 Å². The quantitative estimate of drug-likeness (QED) is 0.514. The monoisotopic (exact) mass is 400 g/mol. The first kappa shape index (κ1) is 20.2. The molecule has 7 nitrogen and oxygen atoms in total. The van der Waals surface area contributed by atoms with Crippen LogP contribution in [0.3, 0.4) is 0 Å². The van der Waals surface area contributed by atoms with Gasteiger partial charge in [-0.05, 0) is 19.1 Å². The second-order valence-corrected chi connectivity index (χ2v) is 7.31. The highest BCUT2D eigenvalue weighted by Gasteiger charge is 2.17. The molecular formula is C20H24N4O3S. The van der Waals surface area contributed by atoms with Gasteiger partial charge in [0.15, 0.2) is 11.0 Å². The van der Waals surface area contributed by atoms with Crippen LogP contribution in [-0.4, -0.2) is 52.1 Å². The van der Waals surface area contributed by atoms with Crippen molar-refractivity contribution in [3.63, 3.8) is 0 Å². The van der Waals surface area contributed by atoms with Crippen molar-refractivity contribution in [3.8, 4) is 11.4 Å². The highest BCUT2D eigenvalue weighted by molar-refractivity contribution is 7.99. The van der Waals surface area contributed by atoms with Gasteiger partial charge in [0.05, 0.1) is 25.4 Å². The van der Waals surface area contributed by atoms with E-state index in [2.05, 4.69) is 10.2 Å². The Labute approximate surface area is 168 Å². The molecule has 0 unspecified atom stereocenters. The van der Waals surface area contributed by atoms with Crippen molar-refractivity contribution in [2.24, 2.45) is 0 Å². The third kappa shape index (κ3) is 5.02. The van der Waals surface area contributed by atoms with Crippen LogP contribution in [-0.2, 0) is 22.6 Å². The summed E-state index contributed by atoms with van der Waals surface area (Å²) < 4.78 is 12.8. The standard InChI is InChI=1S/C20H24N4O3S/c1-15-9-10-17(27-15)13-23(2)18(25)14-28-20-22-21-19(24(20)11-12-26-3)16-7-5-4-6-8-16/h4-10H,11-14H2,1-3H3. The SMILES string of the molecule is COCCn1c(SCC(=O)N(C)Cc2ccc(C)o2)nnc1-c1ccccc1. The van der Waals surface area contributed by atoms with Gasteiger partial charge in [-0.1, -0.05) is 42.1 Å². The number of amides is 1. The van der Waals surface area contributed by atoms with Crippen LogP contribution in [0.2, 0.25) is 0 Å². The summed E-state index contributed by atoms with van der Waals surface area (Å²) in [5.74, 6) is 2.65. The average molecular weight is 401 g/mol. The van der Waals surface area contributed by atoms with E-state index < -0.39 is 0 Å². The van der Waals surface area contributed by atoms with E-state index >= 15 is 0 Å². The van der Waals surface area contributed by atoms with Crippen molar-refractivity contribution in [2.75, 3.05) is 26.5 Å². The van der Waals surface area contributed by atoms with Crippen molar-refractivity contribution >= 4 is 17.7 Å². The number of benzene rings is 1. The lowest BCUT2D eigenvalue weighted by atomic mass is 10.2. The second kappa shape index (κ2) is 9.57. The molecule has 3 rings (SSSR count). The summed E-state index contributed by atoms with van der Waals surface area (Å²) in [5.41, 5.74) is 0.981. The van der Waals surface area contributed by atoms with Crippen molar-refractivity contribution in [3.05, 3.63) is 54.0 Å². The zero-order valence-corrected chi connectivity index (χ0v) is 17.1. The molecule has 0 saturated heterocycles. The maximum absolute atomic E-state index is 12.5. The van der Waals surface area contributed by atoms with E-state index in [1.807, 2.05) is 54.0 Å². The van der Waals surface area contributed by atoms with Gasteiger partial charge in [-0.15, -0.1) is 10.2 Å². The van der Waals surface area contributed by atoms with Crippen molar-refractivity contribution in [1.29, 1.82) is 0 Å². The molecule has 3 aromatic rings. The van der Waals surface area contributed by atoms with Crippen LogP contribution in [0.15, 0.2) is 52.0 Å². The fraction of sp³-hybridized carbons (Fsp3) is 0.350. The Balaban J connectivity index is 1.67. The Morgan fingerprint density at radius 2 is 2.00 bits per heavy atom. The van der Waals surface area contributed by atoms with Crippen molar-refractivity contribution in [2.45, 2.75) is 25.2 Å². The minimum atomic E-state index is 0.00149. The number of methoxy groups -OCH3 is 1. The molecule has 0 aliphatic carbocycles. The normalized spacial score (nSPS) is 11.0. The lowest BCUT2D eigenvalue weighted by Gasteiger charge is -2.15. The Kier molecular flexibility index (Phi) is 6.89. The molecule has 0 N–H and O–H groups in total. The molecule has 0 spiro atoms. The summed E-state index contributed by atoms with van der Waals surface area (Å²) in [7, 11) is 3.43. The highest BCUT2D eigenvalue weighted by atomic mass is 32.2. The molecule has 28 heavy (non-hydrogen) atoms. The lowest BCUT2D eigenvalue weighted by molar-refractivity contribution is -0.127. The summed E-state index contributed by atoms with van der Waals surface area (Å²) in [5, 5.41) is 9.32. The number of hydrogen-bond acceptors (Lipinski definition) is 6. The molecule has 2 heterocycles. The van der Waals surface area contributed by atoms with E-state index in [4.69, 9.17) is 9.15 Å². The van der Waals surface area contributed by atoms with Gasteiger partial charge >= 0.3 is 0 Å². The van der Waals surface area contributed by atoms with Crippen molar-refractivity contribution in [1.82, 2.24) is 19.7 Å². The zero-order chi connectivity index (χ0) is 19.9. The molecule has 0 bridgehead atoms. The fourth-order valence-electron chi connectivity index (χ4n) is 2.71. The molecule has 1 amide bonds. The zero-order valence-electron chi connectivity index (χ0n) is 16.3. The Morgan fingerprint density at radius 3 is 2.68 bits per heavy atom. The average Bonchev–Trinajstić information content (AvgIpc) is 3.30. The van der Waals surface area contributed by atoms with Crippen molar-refractivity contribution < 1.29 is 13.9 Å². The predicted octanol–water partition coefficient (Wildman–Crippen LogP) is 3.24. The lowest BCUT2D eigenvalue weighted by Crippen LogP contribution is -2.27. The Hall–Kier alpha value is -2.58.